The van der Waals surface area contributed by atoms with E-state index < -0.39 is 12.1 Å². The molecule has 5 aliphatic rings. The van der Waals surface area contributed by atoms with E-state index in [0.717, 1.165) is 93.8 Å². The summed E-state index contributed by atoms with van der Waals surface area (Å²) in [4.78, 5) is 12.1. The lowest BCUT2D eigenvalue weighted by Crippen LogP contribution is -2.48. The summed E-state index contributed by atoms with van der Waals surface area (Å²) < 4.78 is 69.1. The lowest BCUT2D eigenvalue weighted by molar-refractivity contribution is -0.213. The van der Waals surface area contributed by atoms with Crippen LogP contribution < -0.4 is 9.47 Å². The maximum absolute atomic E-state index is 12.6. The Balaban J connectivity index is 1.05. The number of rotatable bonds is 12. The number of carbonyl (C=O) groups excluding carboxylic acids is 1. The second-order valence-electron chi connectivity index (χ2n) is 16.1. The SMILES string of the molecule is CN(CCCCCOc1ccc([C@H]2C[C@]3(C)[C@@H](OC4CCCCO4)CC[C@H]3[C@@H]3CCc4cc(OC5CCCCO5)ccc4[C@H]32)cc1)C(=O)C(F)(F)F. The number of unbranched alkanes of at least 4 members (excludes halogenated alkanes) is 2. The number of alkyl halides is 3. The smallest absolute Gasteiger partial charge is 0.471 e. The van der Waals surface area contributed by atoms with Crippen LogP contribution in [0.5, 0.6) is 11.5 Å². The minimum Gasteiger partial charge on any atom is -0.494 e. The fraction of sp³-hybridized carbons (Fsp3) is 0.690. The summed E-state index contributed by atoms with van der Waals surface area (Å²) in [6.07, 6.45) is 8.92. The zero-order valence-corrected chi connectivity index (χ0v) is 30.8. The highest BCUT2D eigenvalue weighted by atomic mass is 19.4. The molecule has 2 unspecified atom stereocenters. The van der Waals surface area contributed by atoms with Crippen molar-refractivity contribution in [3.63, 3.8) is 0 Å². The number of carbonyl (C=O) groups is 1. The average molecular weight is 728 g/mol. The Labute approximate surface area is 306 Å². The van der Waals surface area contributed by atoms with E-state index in [0.29, 0.717) is 49.5 Å². The molecule has 7 nitrogen and oxygen atoms in total. The van der Waals surface area contributed by atoms with Gasteiger partial charge in [-0.2, -0.15) is 13.2 Å². The molecule has 4 fully saturated rings. The Morgan fingerprint density at radius 2 is 1.62 bits per heavy atom. The van der Waals surface area contributed by atoms with Crippen LogP contribution in [-0.4, -0.2) is 69.1 Å². The minimum absolute atomic E-state index is 0.0550. The molecule has 2 heterocycles. The highest BCUT2D eigenvalue weighted by molar-refractivity contribution is 5.81. The lowest BCUT2D eigenvalue weighted by Gasteiger charge is -2.54. The van der Waals surface area contributed by atoms with Crippen molar-refractivity contribution in [3.8, 4) is 11.5 Å². The van der Waals surface area contributed by atoms with Gasteiger partial charge in [0.1, 0.15) is 11.5 Å². The third kappa shape index (κ3) is 8.29. The molecule has 2 saturated carbocycles. The number of hydrogen-bond donors (Lipinski definition) is 0. The Hall–Kier alpha value is -2.82. The molecule has 1 amide bonds. The predicted molar refractivity (Wildman–Crippen MR) is 191 cm³/mol. The standard InChI is InChI=1S/C42H56F3NO6/c1-41-27-34(28-12-15-30(16-13-28)48-23-7-3-6-22-46(2)40(47)42(43,44)45)39-32-19-17-31(51-37-10-4-8-24-49-37)26-29(32)14-18-33(39)35(41)20-21-36(41)52-38-11-5-9-25-50-38/h12-13,15-17,19,26,33-39H,3-11,14,18,20-25,27H2,1-2H3/t33-,34+,35-,36-,37?,38?,39+,41-/m0/s1. The van der Waals surface area contributed by atoms with Gasteiger partial charge in [-0.05, 0) is 154 Å². The Bertz CT molecular complexity index is 1490. The van der Waals surface area contributed by atoms with Crippen molar-refractivity contribution in [1.29, 1.82) is 0 Å². The highest BCUT2D eigenvalue weighted by Gasteiger charge is 2.59. The molecular formula is C42H56F3NO6. The molecule has 0 radical (unpaired) electrons. The first-order valence-electron chi connectivity index (χ1n) is 19.8. The number of fused-ring (bicyclic) bond motifs is 5. The van der Waals surface area contributed by atoms with Crippen molar-refractivity contribution in [3.05, 3.63) is 59.2 Å². The summed E-state index contributed by atoms with van der Waals surface area (Å²) in [5, 5.41) is 0. The molecule has 2 aliphatic heterocycles. The van der Waals surface area contributed by atoms with Gasteiger partial charge in [0.2, 0.25) is 0 Å². The van der Waals surface area contributed by atoms with Crippen LogP contribution >= 0.6 is 0 Å². The number of hydrogen-bond acceptors (Lipinski definition) is 6. The van der Waals surface area contributed by atoms with Gasteiger partial charge in [0, 0.05) is 26.6 Å². The molecule has 7 rings (SSSR count). The van der Waals surface area contributed by atoms with Crippen molar-refractivity contribution in [2.75, 3.05) is 33.4 Å². The molecule has 0 aromatic heterocycles. The molecule has 0 bridgehead atoms. The summed E-state index contributed by atoms with van der Waals surface area (Å²) in [6.45, 7) is 4.58. The van der Waals surface area contributed by atoms with Gasteiger partial charge in [0.15, 0.2) is 12.6 Å². The van der Waals surface area contributed by atoms with Gasteiger partial charge >= 0.3 is 12.1 Å². The third-order valence-electron chi connectivity index (χ3n) is 12.8. The number of aryl methyl sites for hydroxylation is 1. The molecule has 0 spiro atoms. The van der Waals surface area contributed by atoms with Gasteiger partial charge in [-0.25, -0.2) is 0 Å². The van der Waals surface area contributed by atoms with E-state index in [2.05, 4.69) is 49.4 Å². The van der Waals surface area contributed by atoms with Crippen LogP contribution in [0.15, 0.2) is 42.5 Å². The van der Waals surface area contributed by atoms with Crippen LogP contribution in [0, 0.1) is 17.3 Å². The van der Waals surface area contributed by atoms with Crippen molar-refractivity contribution in [1.82, 2.24) is 4.90 Å². The first kappa shape index (κ1) is 37.5. The fourth-order valence-electron chi connectivity index (χ4n) is 10.2. The summed E-state index contributed by atoms with van der Waals surface area (Å²) in [7, 11) is 1.19. The lowest BCUT2D eigenvalue weighted by atomic mass is 9.51. The first-order chi connectivity index (χ1) is 25.1. The van der Waals surface area contributed by atoms with Crippen molar-refractivity contribution in [2.45, 2.75) is 134 Å². The molecule has 8 atom stereocenters. The Kier molecular flexibility index (Phi) is 11.7. The molecule has 286 valence electrons. The highest BCUT2D eigenvalue weighted by Crippen LogP contribution is 2.66. The second-order valence-corrected chi connectivity index (χ2v) is 16.1. The van der Waals surface area contributed by atoms with Crippen molar-refractivity contribution in [2.24, 2.45) is 17.3 Å². The third-order valence-corrected chi connectivity index (χ3v) is 12.8. The maximum Gasteiger partial charge on any atom is 0.471 e. The molecule has 52 heavy (non-hydrogen) atoms. The molecule has 0 N–H and O–H groups in total. The van der Waals surface area contributed by atoms with E-state index in [-0.39, 0.29) is 30.6 Å². The van der Waals surface area contributed by atoms with Gasteiger partial charge in [-0.1, -0.05) is 25.1 Å². The number of halogens is 3. The fourth-order valence-corrected chi connectivity index (χ4v) is 10.2. The number of amides is 1. The number of nitrogens with zero attached hydrogens (tertiary/aromatic N) is 1. The van der Waals surface area contributed by atoms with Gasteiger partial charge in [-0.15, -0.1) is 0 Å². The monoisotopic (exact) mass is 727 g/mol. The zero-order chi connectivity index (χ0) is 36.3. The molecule has 10 heteroatoms. The zero-order valence-electron chi connectivity index (χ0n) is 30.8. The van der Waals surface area contributed by atoms with Crippen LogP contribution in [0.2, 0.25) is 0 Å². The first-order valence-corrected chi connectivity index (χ1v) is 19.8. The van der Waals surface area contributed by atoms with E-state index in [1.54, 1.807) is 0 Å². The largest absolute Gasteiger partial charge is 0.494 e. The van der Waals surface area contributed by atoms with Gasteiger partial charge < -0.3 is 28.6 Å². The Morgan fingerprint density at radius 1 is 0.885 bits per heavy atom. The van der Waals surface area contributed by atoms with Crippen LogP contribution in [0.25, 0.3) is 0 Å². The van der Waals surface area contributed by atoms with E-state index in [4.69, 9.17) is 23.7 Å². The summed E-state index contributed by atoms with van der Waals surface area (Å²) in [5.74, 6) is 1.78. The Morgan fingerprint density at radius 3 is 2.33 bits per heavy atom. The molecule has 2 saturated heterocycles. The molecular weight excluding hydrogens is 671 g/mol. The summed E-state index contributed by atoms with van der Waals surface area (Å²) in [5.41, 5.74) is 4.24. The number of benzene rings is 2. The quantitative estimate of drug-likeness (QED) is 0.203. The van der Waals surface area contributed by atoms with Crippen molar-refractivity contribution >= 4 is 5.91 Å². The van der Waals surface area contributed by atoms with Gasteiger partial charge in [0.25, 0.3) is 0 Å². The average Bonchev–Trinajstić information content (AvgIpc) is 3.47. The van der Waals surface area contributed by atoms with Crippen LogP contribution in [0.1, 0.15) is 119 Å². The second kappa shape index (κ2) is 16.3. The molecule has 2 aromatic rings. The minimum atomic E-state index is -4.83. The van der Waals surface area contributed by atoms with Crippen LogP contribution in [0.3, 0.4) is 0 Å². The predicted octanol–water partition coefficient (Wildman–Crippen LogP) is 9.32. The van der Waals surface area contributed by atoms with Crippen LogP contribution in [0.4, 0.5) is 13.2 Å². The summed E-state index contributed by atoms with van der Waals surface area (Å²) >= 11 is 0. The molecule has 3 aliphatic carbocycles. The van der Waals surface area contributed by atoms with Gasteiger partial charge in [-0.3, -0.25) is 4.79 Å². The van der Waals surface area contributed by atoms with E-state index in [9.17, 15) is 18.0 Å². The normalized spacial score (nSPS) is 31.6. The van der Waals surface area contributed by atoms with E-state index >= 15 is 0 Å². The van der Waals surface area contributed by atoms with Gasteiger partial charge in [0.05, 0.1) is 19.3 Å². The van der Waals surface area contributed by atoms with Crippen molar-refractivity contribution < 1.29 is 41.7 Å². The van der Waals surface area contributed by atoms with E-state index in [1.165, 1.54) is 30.2 Å². The summed E-state index contributed by atoms with van der Waals surface area (Å²) in [6, 6.07) is 15.4. The number of ether oxygens (including phenoxy) is 5. The topological polar surface area (TPSA) is 66.5 Å². The maximum atomic E-state index is 12.6. The molecule has 2 aromatic carbocycles. The van der Waals surface area contributed by atoms with E-state index in [1.807, 2.05) is 0 Å². The van der Waals surface area contributed by atoms with Crippen LogP contribution in [-0.2, 0) is 25.4 Å².